The van der Waals surface area contributed by atoms with Crippen molar-refractivity contribution in [1.29, 1.82) is 0 Å². The summed E-state index contributed by atoms with van der Waals surface area (Å²) >= 11 is 0. The number of piperazine rings is 1. The van der Waals surface area contributed by atoms with E-state index in [2.05, 4.69) is 10.2 Å². The summed E-state index contributed by atoms with van der Waals surface area (Å²) in [5, 5.41) is 8.76. The number of nitrogens with zero attached hydrogens (tertiary/aromatic N) is 5. The molecule has 0 radical (unpaired) electrons. The van der Waals surface area contributed by atoms with Crippen LogP contribution in [0.2, 0.25) is 0 Å². The highest BCUT2D eigenvalue weighted by atomic mass is 32.2. The van der Waals surface area contributed by atoms with Gasteiger partial charge in [0.05, 0.1) is 24.8 Å². The van der Waals surface area contributed by atoms with Crippen LogP contribution in [-0.2, 0) is 21.2 Å². The molecule has 3 aromatic rings. The highest BCUT2D eigenvalue weighted by molar-refractivity contribution is 7.89. The van der Waals surface area contributed by atoms with E-state index < -0.39 is 10.0 Å². The first kappa shape index (κ1) is 25.0. The average molecular weight is 524 g/mol. The van der Waals surface area contributed by atoms with Gasteiger partial charge >= 0.3 is 0 Å². The van der Waals surface area contributed by atoms with E-state index in [-0.39, 0.29) is 10.8 Å². The first-order valence-corrected chi connectivity index (χ1v) is 13.5. The van der Waals surface area contributed by atoms with Crippen LogP contribution >= 0.6 is 0 Å². The molecule has 2 aliphatic heterocycles. The molecule has 37 heavy (non-hydrogen) atoms. The molecule has 0 spiro atoms. The zero-order valence-electron chi connectivity index (χ0n) is 21.0. The number of carbonyl (C=O) groups excluding carboxylic acids is 1. The van der Waals surface area contributed by atoms with Crippen LogP contribution in [0.4, 0.5) is 11.5 Å². The van der Waals surface area contributed by atoms with E-state index in [4.69, 9.17) is 9.47 Å². The lowest BCUT2D eigenvalue weighted by Gasteiger charge is -2.34. The third-order valence-corrected chi connectivity index (χ3v) is 8.75. The zero-order valence-corrected chi connectivity index (χ0v) is 21.9. The van der Waals surface area contributed by atoms with E-state index in [1.54, 1.807) is 37.3 Å². The second-order valence-corrected chi connectivity index (χ2v) is 10.9. The average Bonchev–Trinajstić information content (AvgIpc) is 3.37. The lowest BCUT2D eigenvalue weighted by molar-refractivity contribution is -0.116. The summed E-state index contributed by atoms with van der Waals surface area (Å²) in [7, 11) is -0.462. The van der Waals surface area contributed by atoms with E-state index in [0.717, 1.165) is 16.8 Å². The van der Waals surface area contributed by atoms with Gasteiger partial charge in [-0.3, -0.25) is 4.79 Å². The number of rotatable bonds is 6. The van der Waals surface area contributed by atoms with Gasteiger partial charge in [-0.05, 0) is 60.5 Å². The Balaban J connectivity index is 1.25. The van der Waals surface area contributed by atoms with Gasteiger partial charge in [-0.15, -0.1) is 10.2 Å². The Hall–Kier alpha value is -3.70. The van der Waals surface area contributed by atoms with Crippen LogP contribution in [0.3, 0.4) is 0 Å². The van der Waals surface area contributed by atoms with Crippen molar-refractivity contribution in [2.24, 2.45) is 0 Å². The monoisotopic (exact) mass is 523 g/mol. The van der Waals surface area contributed by atoms with Gasteiger partial charge in [-0.2, -0.15) is 4.31 Å². The summed E-state index contributed by atoms with van der Waals surface area (Å²) in [4.78, 5) is 15.8. The molecule has 3 heterocycles. The fraction of sp³-hybridized carbons (Fsp3) is 0.346. The number of methoxy groups -OCH3 is 2. The van der Waals surface area contributed by atoms with Gasteiger partial charge < -0.3 is 19.3 Å². The Morgan fingerprint density at radius 2 is 1.62 bits per heavy atom. The molecule has 5 rings (SSSR count). The van der Waals surface area contributed by atoms with Crippen molar-refractivity contribution < 1.29 is 22.7 Å². The van der Waals surface area contributed by atoms with Crippen LogP contribution in [0, 0.1) is 0 Å². The Labute approximate surface area is 216 Å². The second kappa shape index (κ2) is 9.98. The number of amides is 1. The maximum absolute atomic E-state index is 13.3. The Kier molecular flexibility index (Phi) is 6.74. The van der Waals surface area contributed by atoms with E-state index in [9.17, 15) is 13.2 Å². The van der Waals surface area contributed by atoms with E-state index in [0.29, 0.717) is 62.2 Å². The predicted octanol–water partition coefficient (Wildman–Crippen LogP) is 2.58. The summed E-state index contributed by atoms with van der Waals surface area (Å²) in [6.45, 7) is 3.81. The van der Waals surface area contributed by atoms with Crippen LogP contribution in [0.25, 0.3) is 11.3 Å². The van der Waals surface area contributed by atoms with Crippen LogP contribution in [0.15, 0.2) is 53.4 Å². The van der Waals surface area contributed by atoms with Gasteiger partial charge in [0.25, 0.3) is 0 Å². The smallest absolute Gasteiger partial charge is 0.243 e. The van der Waals surface area contributed by atoms with E-state index in [1.165, 1.54) is 11.2 Å². The van der Waals surface area contributed by atoms with Gasteiger partial charge in [0.1, 0.15) is 0 Å². The van der Waals surface area contributed by atoms with E-state index >= 15 is 0 Å². The quantitative estimate of drug-likeness (QED) is 0.486. The Morgan fingerprint density at radius 1 is 0.865 bits per heavy atom. The van der Waals surface area contributed by atoms with Crippen molar-refractivity contribution in [2.45, 2.75) is 18.2 Å². The number of anilines is 2. The van der Waals surface area contributed by atoms with Crippen molar-refractivity contribution in [1.82, 2.24) is 14.5 Å². The number of sulfonamides is 1. The summed E-state index contributed by atoms with van der Waals surface area (Å²) in [6, 6.07) is 14.4. The van der Waals surface area contributed by atoms with Crippen LogP contribution < -0.4 is 19.3 Å². The number of carbonyl (C=O) groups is 1. The molecule has 2 aromatic carbocycles. The van der Waals surface area contributed by atoms with Crippen LogP contribution in [0.5, 0.6) is 11.5 Å². The molecular weight excluding hydrogens is 494 g/mol. The number of fused-ring (bicyclic) bond motifs is 1. The zero-order chi connectivity index (χ0) is 26.2. The summed E-state index contributed by atoms with van der Waals surface area (Å²) in [5.74, 6) is 1.91. The highest BCUT2D eigenvalue weighted by Gasteiger charge is 2.31. The molecule has 1 amide bonds. The lowest BCUT2D eigenvalue weighted by Crippen LogP contribution is -2.49. The number of aromatic nitrogens is 2. The summed E-state index contributed by atoms with van der Waals surface area (Å²) in [6.07, 6.45) is 0.657. The molecule has 0 bridgehead atoms. The minimum Gasteiger partial charge on any atom is -0.493 e. The summed E-state index contributed by atoms with van der Waals surface area (Å²) in [5.41, 5.74) is 3.24. The molecule has 0 unspecified atom stereocenters. The normalized spacial score (nSPS) is 16.0. The number of ether oxygens (including phenoxy) is 2. The SMILES string of the molecule is COc1ccc(-c2ccc(N3CCN(S(=O)(=O)c4ccc5c(c4)CCN5C(C)=O)CC3)nn2)cc1OC. The van der Waals surface area contributed by atoms with Gasteiger partial charge in [0.2, 0.25) is 15.9 Å². The standard InChI is InChI=1S/C26H29N5O5S/c1-18(32)31-11-10-20-16-21(5-7-23(20)31)37(33,34)30-14-12-29(13-15-30)26-9-6-22(27-28-26)19-4-8-24(35-2)25(17-19)36-3/h4-9,16-17H,10-15H2,1-3H3. The minimum atomic E-state index is -3.64. The third kappa shape index (κ3) is 4.72. The Morgan fingerprint density at radius 3 is 2.27 bits per heavy atom. The lowest BCUT2D eigenvalue weighted by atomic mass is 10.1. The second-order valence-electron chi connectivity index (χ2n) is 8.95. The fourth-order valence-corrected chi connectivity index (χ4v) is 6.29. The summed E-state index contributed by atoms with van der Waals surface area (Å²) < 4.78 is 38.8. The number of benzene rings is 2. The Bertz CT molecular complexity index is 1420. The molecule has 10 nitrogen and oxygen atoms in total. The van der Waals surface area contributed by atoms with Crippen molar-refractivity contribution >= 4 is 27.4 Å². The van der Waals surface area contributed by atoms with Crippen LogP contribution in [0.1, 0.15) is 12.5 Å². The van der Waals surface area contributed by atoms with Crippen LogP contribution in [-0.4, -0.2) is 75.8 Å². The van der Waals surface area contributed by atoms with Gasteiger partial charge in [0, 0.05) is 50.9 Å². The van der Waals surface area contributed by atoms with E-state index in [1.807, 2.05) is 35.2 Å². The number of hydrogen-bond donors (Lipinski definition) is 0. The molecule has 2 aliphatic rings. The molecule has 0 saturated carbocycles. The van der Waals surface area contributed by atoms with Crippen molar-refractivity contribution in [2.75, 3.05) is 56.7 Å². The third-order valence-electron chi connectivity index (χ3n) is 6.86. The van der Waals surface area contributed by atoms with Crippen molar-refractivity contribution in [3.63, 3.8) is 0 Å². The molecule has 0 aliphatic carbocycles. The fourth-order valence-electron chi connectivity index (χ4n) is 4.82. The molecule has 194 valence electrons. The first-order valence-electron chi connectivity index (χ1n) is 12.0. The largest absolute Gasteiger partial charge is 0.493 e. The molecular formula is C26H29N5O5S. The molecule has 11 heteroatoms. The molecule has 1 aromatic heterocycles. The maximum atomic E-state index is 13.3. The van der Waals surface area contributed by atoms with Gasteiger partial charge in [0.15, 0.2) is 17.3 Å². The van der Waals surface area contributed by atoms with Crippen molar-refractivity contribution in [3.05, 3.63) is 54.1 Å². The number of hydrogen-bond acceptors (Lipinski definition) is 8. The van der Waals surface area contributed by atoms with Crippen molar-refractivity contribution in [3.8, 4) is 22.8 Å². The van der Waals surface area contributed by atoms with Gasteiger partial charge in [-0.25, -0.2) is 8.42 Å². The minimum absolute atomic E-state index is 0.0367. The van der Waals surface area contributed by atoms with Gasteiger partial charge in [-0.1, -0.05) is 0 Å². The molecule has 1 saturated heterocycles. The molecule has 0 N–H and O–H groups in total. The first-order chi connectivity index (χ1) is 17.8. The maximum Gasteiger partial charge on any atom is 0.243 e. The topological polar surface area (TPSA) is 105 Å². The molecule has 0 atom stereocenters. The molecule has 1 fully saturated rings. The highest BCUT2D eigenvalue weighted by Crippen LogP contribution is 2.33. The predicted molar refractivity (Wildman–Crippen MR) is 140 cm³/mol.